The summed E-state index contributed by atoms with van der Waals surface area (Å²) in [7, 11) is 1.33. The maximum atomic E-state index is 12.5. The van der Waals surface area contributed by atoms with Crippen molar-refractivity contribution in [3.05, 3.63) is 75.2 Å². The number of nitrogens with zero attached hydrogens (tertiary/aromatic N) is 2. The molecule has 0 saturated heterocycles. The van der Waals surface area contributed by atoms with E-state index in [4.69, 9.17) is 0 Å². The molecular formula is C20H21N3O3S. The van der Waals surface area contributed by atoms with Crippen LogP contribution in [0.1, 0.15) is 43.7 Å². The third-order valence-electron chi connectivity index (χ3n) is 4.29. The Bertz CT molecular complexity index is 930. The van der Waals surface area contributed by atoms with Crippen LogP contribution in [0.5, 0.6) is 0 Å². The fourth-order valence-electron chi connectivity index (χ4n) is 2.94. The van der Waals surface area contributed by atoms with Crippen molar-refractivity contribution in [3.8, 4) is 0 Å². The molecule has 0 aliphatic heterocycles. The lowest BCUT2D eigenvalue weighted by molar-refractivity contribution is 0.0600. The molecule has 140 valence electrons. The maximum absolute atomic E-state index is 12.5. The molecule has 0 aliphatic carbocycles. The van der Waals surface area contributed by atoms with Crippen molar-refractivity contribution in [2.45, 2.75) is 19.9 Å². The largest absolute Gasteiger partial charge is 0.465 e. The minimum atomic E-state index is -0.427. The number of ether oxygens (including phenoxy) is 1. The van der Waals surface area contributed by atoms with Crippen molar-refractivity contribution in [1.29, 1.82) is 0 Å². The van der Waals surface area contributed by atoms with Gasteiger partial charge in [0.2, 0.25) is 0 Å². The molecule has 0 unspecified atom stereocenters. The summed E-state index contributed by atoms with van der Waals surface area (Å²) in [6.07, 6.45) is 0. The molecule has 0 radical (unpaired) electrons. The van der Waals surface area contributed by atoms with Gasteiger partial charge in [-0.3, -0.25) is 9.48 Å². The van der Waals surface area contributed by atoms with Gasteiger partial charge in [-0.25, -0.2) is 4.79 Å². The van der Waals surface area contributed by atoms with Crippen molar-refractivity contribution in [1.82, 2.24) is 15.1 Å². The molecule has 27 heavy (non-hydrogen) atoms. The number of hydrogen-bond acceptors (Lipinski definition) is 5. The first-order valence-corrected chi connectivity index (χ1v) is 9.45. The van der Waals surface area contributed by atoms with E-state index in [1.165, 1.54) is 7.11 Å². The molecule has 1 aromatic carbocycles. The Morgan fingerprint density at radius 2 is 1.89 bits per heavy atom. The summed E-state index contributed by atoms with van der Waals surface area (Å²) >= 11 is 1.61. The van der Waals surface area contributed by atoms with E-state index in [9.17, 15) is 9.59 Å². The highest BCUT2D eigenvalue weighted by molar-refractivity contribution is 7.08. The third-order valence-corrected chi connectivity index (χ3v) is 4.99. The van der Waals surface area contributed by atoms with Crippen LogP contribution in [0.4, 0.5) is 0 Å². The zero-order valence-corrected chi connectivity index (χ0v) is 16.2. The quantitative estimate of drug-likeness (QED) is 0.663. The van der Waals surface area contributed by atoms with Gasteiger partial charge in [0.1, 0.15) is 0 Å². The lowest BCUT2D eigenvalue weighted by Gasteiger charge is -2.19. The molecule has 0 saturated carbocycles. The van der Waals surface area contributed by atoms with Gasteiger partial charge in [0.05, 0.1) is 24.4 Å². The predicted molar refractivity (Wildman–Crippen MR) is 104 cm³/mol. The van der Waals surface area contributed by atoms with Crippen LogP contribution in [0.15, 0.2) is 47.2 Å². The van der Waals surface area contributed by atoms with Crippen LogP contribution in [0.2, 0.25) is 0 Å². The van der Waals surface area contributed by atoms with Crippen molar-refractivity contribution < 1.29 is 14.3 Å². The number of thiophene rings is 1. The first-order valence-electron chi connectivity index (χ1n) is 8.51. The Labute approximate surface area is 161 Å². The van der Waals surface area contributed by atoms with Gasteiger partial charge in [-0.05, 0) is 66.6 Å². The van der Waals surface area contributed by atoms with E-state index >= 15 is 0 Å². The first kappa shape index (κ1) is 18.8. The number of aryl methyl sites for hydroxylation is 2. The molecule has 0 fully saturated rings. The predicted octanol–water partition coefficient (Wildman–Crippen LogP) is 3.37. The summed E-state index contributed by atoms with van der Waals surface area (Å²) in [5.41, 5.74) is 3.98. The molecule has 0 spiro atoms. The van der Waals surface area contributed by atoms with Crippen LogP contribution < -0.4 is 5.32 Å². The highest BCUT2D eigenvalue weighted by atomic mass is 32.1. The molecule has 2 heterocycles. The first-order chi connectivity index (χ1) is 13.0. The van der Waals surface area contributed by atoms with Crippen LogP contribution in [-0.4, -0.2) is 35.3 Å². The van der Waals surface area contributed by atoms with Crippen molar-refractivity contribution in [3.63, 3.8) is 0 Å². The van der Waals surface area contributed by atoms with E-state index in [0.717, 1.165) is 17.0 Å². The average molecular weight is 383 g/mol. The Kier molecular flexibility index (Phi) is 5.71. The van der Waals surface area contributed by atoms with Gasteiger partial charge >= 0.3 is 5.97 Å². The summed E-state index contributed by atoms with van der Waals surface area (Å²) in [5.74, 6) is -0.628. The topological polar surface area (TPSA) is 73.2 Å². The Morgan fingerprint density at radius 3 is 2.44 bits per heavy atom. The van der Waals surface area contributed by atoms with Gasteiger partial charge in [0.25, 0.3) is 5.91 Å². The maximum Gasteiger partial charge on any atom is 0.337 e. The zero-order chi connectivity index (χ0) is 19.4. The number of rotatable bonds is 6. The molecule has 1 N–H and O–H groups in total. The molecule has 3 aromatic rings. The highest BCUT2D eigenvalue weighted by Crippen LogP contribution is 2.22. The van der Waals surface area contributed by atoms with Crippen LogP contribution >= 0.6 is 11.3 Å². The molecule has 2 aromatic heterocycles. The average Bonchev–Trinajstić information content (AvgIpc) is 3.31. The second-order valence-corrected chi connectivity index (χ2v) is 7.00. The second kappa shape index (κ2) is 8.18. The molecule has 6 nitrogen and oxygen atoms in total. The molecule has 1 amide bonds. The monoisotopic (exact) mass is 383 g/mol. The highest BCUT2D eigenvalue weighted by Gasteiger charge is 2.19. The molecule has 0 aliphatic rings. The fraction of sp³-hybridized carbons (Fsp3) is 0.250. The summed E-state index contributed by atoms with van der Waals surface area (Å²) < 4.78 is 6.61. The van der Waals surface area contributed by atoms with Crippen molar-refractivity contribution >= 4 is 23.2 Å². The number of nitrogens with one attached hydrogen (secondary N) is 1. The summed E-state index contributed by atoms with van der Waals surface area (Å²) in [6, 6.07) is 10.4. The smallest absolute Gasteiger partial charge is 0.337 e. The Balaban J connectivity index is 1.74. The van der Waals surface area contributed by atoms with Gasteiger partial charge < -0.3 is 10.1 Å². The molecule has 0 bridgehead atoms. The molecule has 1 atom stereocenters. The van der Waals surface area contributed by atoms with E-state index in [1.807, 2.05) is 36.0 Å². The molecule has 3 rings (SSSR count). The van der Waals surface area contributed by atoms with Crippen LogP contribution in [-0.2, 0) is 4.74 Å². The van der Waals surface area contributed by atoms with Gasteiger partial charge in [-0.2, -0.15) is 16.4 Å². The van der Waals surface area contributed by atoms with Crippen LogP contribution in [0.3, 0.4) is 0 Å². The number of benzene rings is 1. The number of carbonyl (C=O) groups excluding carboxylic acids is 2. The Hall–Kier alpha value is -2.93. The standard InChI is InChI=1S/C20H21N3O3S/c1-13-10-14(2)23(22-13)18(17-8-9-27-12-17)11-21-19(24)15-4-6-16(7-5-15)20(25)26-3/h4-10,12,18H,11H2,1-3H3,(H,21,24)/t18-/m1/s1. The van der Waals surface area contributed by atoms with Gasteiger partial charge in [0, 0.05) is 17.8 Å². The normalized spacial score (nSPS) is 11.8. The van der Waals surface area contributed by atoms with Gasteiger partial charge in [-0.1, -0.05) is 0 Å². The lowest BCUT2D eigenvalue weighted by atomic mass is 10.1. The lowest BCUT2D eigenvalue weighted by Crippen LogP contribution is -2.32. The van der Waals surface area contributed by atoms with E-state index in [-0.39, 0.29) is 11.9 Å². The number of hydrogen-bond donors (Lipinski definition) is 1. The number of amides is 1. The molecular weight excluding hydrogens is 362 g/mol. The number of carbonyl (C=O) groups is 2. The third kappa shape index (κ3) is 4.25. The van der Waals surface area contributed by atoms with Crippen LogP contribution in [0, 0.1) is 13.8 Å². The van der Waals surface area contributed by atoms with Crippen molar-refractivity contribution in [2.24, 2.45) is 0 Å². The van der Waals surface area contributed by atoms with E-state index < -0.39 is 5.97 Å². The number of aromatic nitrogens is 2. The number of methoxy groups -OCH3 is 1. The Morgan fingerprint density at radius 1 is 1.19 bits per heavy atom. The summed E-state index contributed by atoms with van der Waals surface area (Å²) in [4.78, 5) is 24.0. The van der Waals surface area contributed by atoms with Gasteiger partial charge in [-0.15, -0.1) is 0 Å². The molecule has 7 heteroatoms. The summed E-state index contributed by atoms with van der Waals surface area (Å²) in [6.45, 7) is 4.37. The minimum absolute atomic E-state index is 0.0803. The minimum Gasteiger partial charge on any atom is -0.465 e. The summed E-state index contributed by atoms with van der Waals surface area (Å²) in [5, 5.41) is 11.6. The zero-order valence-electron chi connectivity index (χ0n) is 15.4. The SMILES string of the molecule is COC(=O)c1ccc(C(=O)NC[C@H](c2ccsc2)n2nc(C)cc2C)cc1. The van der Waals surface area contributed by atoms with Crippen molar-refractivity contribution in [2.75, 3.05) is 13.7 Å². The van der Waals surface area contributed by atoms with E-state index in [2.05, 4.69) is 20.5 Å². The van der Waals surface area contributed by atoms with Gasteiger partial charge in [0.15, 0.2) is 0 Å². The van der Waals surface area contributed by atoms with Crippen LogP contribution in [0.25, 0.3) is 0 Å². The fourth-order valence-corrected chi connectivity index (χ4v) is 3.65. The van der Waals surface area contributed by atoms with E-state index in [1.54, 1.807) is 35.6 Å². The second-order valence-electron chi connectivity index (χ2n) is 6.22. The number of esters is 1. The van der Waals surface area contributed by atoms with E-state index in [0.29, 0.717) is 17.7 Å².